The van der Waals surface area contributed by atoms with Gasteiger partial charge in [-0.25, -0.2) is 22.0 Å². The van der Waals surface area contributed by atoms with Crippen molar-refractivity contribution in [2.24, 2.45) is 5.14 Å². The highest BCUT2D eigenvalue weighted by molar-refractivity contribution is 7.91. The minimum absolute atomic E-state index is 0.00694. The Morgan fingerprint density at radius 1 is 0.741 bits per heavy atom. The molecule has 2 aromatic carbocycles. The molecule has 8 N–H and O–H groups in total. The standard InChI is InChI=1S/C52H60N10O17S6/c1-51(2)39-28-37(84(74,75)76)16-19-42(39)61(24-8-26-81(66,67)68)44(51)21-13-33(14-22-45-52(3,4)40-29-38(85(77,78)79)17-20-43(40)62(45)25-9-27-82(69,70)71)41-18-12-34(31-56-41)47(64)54-23-7-5-6-10-46(63)57-32-36-15-11-35(30-55-36)48(65)58-49-59-60-50(80-49)83(53,72)73/h11-22,28-31H,5-10,23-27,32H2,1-4H3,(H8-,53,54,57,58,59,63,64,65,66,67,68,69,70,71,72,73,74,75,76,77,78,79). The monoisotopic (exact) mass is 1290 g/mol. The molecule has 7 rings (SSSR count). The number of hydrogen-bond donors (Lipinski definition) is 7. The van der Waals surface area contributed by atoms with Crippen LogP contribution in [0.2, 0.25) is 0 Å². The van der Waals surface area contributed by atoms with Crippen LogP contribution in [0.1, 0.15) is 109 Å². The lowest BCUT2D eigenvalue weighted by Crippen LogP contribution is -2.28. The highest BCUT2D eigenvalue weighted by Crippen LogP contribution is 2.49. The quantitative estimate of drug-likeness (QED) is 0.0134. The third-order valence-corrected chi connectivity index (χ3v) is 19.3. The number of primary sulfonamides is 1. The number of amides is 3. The van der Waals surface area contributed by atoms with E-state index in [0.717, 1.165) is 0 Å². The van der Waals surface area contributed by atoms with E-state index in [1.165, 1.54) is 67.0 Å². The Bertz CT molecular complexity index is 4150. The molecule has 5 heterocycles. The van der Waals surface area contributed by atoms with Gasteiger partial charge < -0.3 is 20.1 Å². The fourth-order valence-corrected chi connectivity index (χ4v) is 12.9. The first-order valence-corrected chi connectivity index (χ1v) is 34.3. The van der Waals surface area contributed by atoms with Crippen LogP contribution in [0.5, 0.6) is 0 Å². The van der Waals surface area contributed by atoms with Gasteiger partial charge in [-0.15, -0.1) is 10.2 Å². The Hall–Kier alpha value is -7.05. The zero-order chi connectivity index (χ0) is 62.5. The molecule has 0 saturated carbocycles. The molecular weight excluding hydrogens is 1230 g/mol. The SMILES string of the molecule is CC1(C)C(=CC=C(C=CC2=[N+](CCCS(=O)(=O)[O-])c3ccc(S(=O)(=O)O)cc3C2(C)C)c2ccc(C(=O)NCCCCCC(=O)NCc3ccc(C(=O)Nc4nnc(S(N)(=O)=O)s4)cn3)cn2)N(CCCS(=O)(=O)O)c2ccc(S(=O)(=O)O)cc21. The molecule has 85 heavy (non-hydrogen) atoms. The van der Waals surface area contributed by atoms with Crippen LogP contribution in [0.3, 0.4) is 0 Å². The molecule has 456 valence electrons. The summed E-state index contributed by atoms with van der Waals surface area (Å²) in [6, 6.07) is 14.1. The molecule has 5 aromatic rings. The van der Waals surface area contributed by atoms with Crippen molar-refractivity contribution in [3.05, 3.63) is 137 Å². The number of hydrogen-bond acceptors (Lipinski definition) is 20. The lowest BCUT2D eigenvalue weighted by Gasteiger charge is -2.27. The summed E-state index contributed by atoms with van der Waals surface area (Å²) in [6.07, 6.45) is 10.9. The van der Waals surface area contributed by atoms with E-state index < -0.39 is 89.0 Å². The summed E-state index contributed by atoms with van der Waals surface area (Å²) in [6.45, 7) is 7.48. The van der Waals surface area contributed by atoms with Crippen LogP contribution in [0.4, 0.5) is 16.5 Å². The predicted molar refractivity (Wildman–Crippen MR) is 311 cm³/mol. The number of rotatable bonds is 26. The number of fused-ring (bicyclic) bond motifs is 2. The van der Waals surface area contributed by atoms with Crippen molar-refractivity contribution in [1.82, 2.24) is 30.8 Å². The summed E-state index contributed by atoms with van der Waals surface area (Å²) in [7, 11) is -22.4. The van der Waals surface area contributed by atoms with E-state index in [1.54, 1.807) is 67.5 Å². The number of anilines is 2. The van der Waals surface area contributed by atoms with E-state index in [2.05, 4.69) is 36.1 Å². The number of unbranched alkanes of at least 4 members (excludes halogenated alkanes) is 2. The highest BCUT2D eigenvalue weighted by atomic mass is 32.3. The van der Waals surface area contributed by atoms with Gasteiger partial charge in [-0.1, -0.05) is 37.7 Å². The topological polar surface area (TPSA) is 426 Å². The fourth-order valence-electron chi connectivity index (χ4n) is 9.56. The van der Waals surface area contributed by atoms with Gasteiger partial charge in [-0.3, -0.25) is 43.3 Å². The molecule has 2 aliphatic rings. The molecule has 3 aromatic heterocycles. The number of carbonyl (C=O) groups is 3. The first-order valence-electron chi connectivity index (χ1n) is 25.8. The lowest BCUT2D eigenvalue weighted by molar-refractivity contribution is -0.437. The van der Waals surface area contributed by atoms with E-state index in [-0.39, 0.29) is 77.4 Å². The van der Waals surface area contributed by atoms with Gasteiger partial charge in [0.2, 0.25) is 21.1 Å². The van der Waals surface area contributed by atoms with Crippen LogP contribution in [-0.2, 0) is 72.7 Å². The molecule has 2 aliphatic heterocycles. The van der Waals surface area contributed by atoms with Crippen molar-refractivity contribution in [3.8, 4) is 0 Å². The molecular formula is C52H60N10O17S6. The Labute approximate surface area is 495 Å². The molecule has 0 saturated heterocycles. The predicted octanol–water partition coefficient (Wildman–Crippen LogP) is 4.24. The van der Waals surface area contributed by atoms with Crippen molar-refractivity contribution in [1.29, 1.82) is 0 Å². The Morgan fingerprint density at radius 2 is 1.40 bits per heavy atom. The first kappa shape index (κ1) is 65.5. The fraction of sp³-hybridized carbons (Fsp3) is 0.346. The summed E-state index contributed by atoms with van der Waals surface area (Å²) in [4.78, 5) is 48.4. The molecule has 3 amide bonds. The van der Waals surface area contributed by atoms with Gasteiger partial charge >= 0.3 is 0 Å². The molecule has 0 fully saturated rings. The minimum atomic E-state index is -4.66. The average molecular weight is 1290 g/mol. The number of nitrogens with one attached hydrogen (secondary N) is 3. The molecule has 0 aliphatic carbocycles. The van der Waals surface area contributed by atoms with Crippen molar-refractivity contribution >= 4 is 107 Å². The molecule has 0 radical (unpaired) electrons. The lowest BCUT2D eigenvalue weighted by atomic mass is 9.81. The molecule has 0 unspecified atom stereocenters. The van der Waals surface area contributed by atoms with E-state index in [1.807, 2.05) is 0 Å². The first-order chi connectivity index (χ1) is 39.5. The van der Waals surface area contributed by atoms with Gasteiger partial charge in [-0.2, -0.15) is 29.8 Å². The van der Waals surface area contributed by atoms with Gasteiger partial charge in [0.15, 0.2) is 5.71 Å². The van der Waals surface area contributed by atoms with E-state index in [9.17, 15) is 74.7 Å². The third kappa shape index (κ3) is 16.9. The summed E-state index contributed by atoms with van der Waals surface area (Å²) < 4.78 is 162. The maximum atomic E-state index is 13.4. The number of aromatic nitrogens is 4. The second-order valence-electron chi connectivity index (χ2n) is 20.7. The zero-order valence-electron chi connectivity index (χ0n) is 46.0. The molecule has 33 heteroatoms. The number of pyridine rings is 2. The number of benzene rings is 2. The largest absolute Gasteiger partial charge is 0.748 e. The van der Waals surface area contributed by atoms with Gasteiger partial charge in [0, 0.05) is 84.2 Å². The minimum Gasteiger partial charge on any atom is -0.748 e. The third-order valence-electron chi connectivity index (χ3n) is 13.8. The van der Waals surface area contributed by atoms with Crippen molar-refractivity contribution < 1.29 is 79.3 Å². The normalized spacial score (nSPS) is 15.8. The maximum absolute atomic E-state index is 13.4. The summed E-state index contributed by atoms with van der Waals surface area (Å²) in [5.74, 6) is -2.64. The smallest absolute Gasteiger partial charge is 0.294 e. The molecule has 0 atom stereocenters. The molecule has 27 nitrogen and oxygen atoms in total. The van der Waals surface area contributed by atoms with Crippen molar-refractivity contribution in [2.45, 2.75) is 97.7 Å². The highest BCUT2D eigenvalue weighted by Gasteiger charge is 2.45. The van der Waals surface area contributed by atoms with Crippen LogP contribution in [0.15, 0.2) is 117 Å². The summed E-state index contributed by atoms with van der Waals surface area (Å²) in [5, 5.41) is 20.0. The van der Waals surface area contributed by atoms with Crippen LogP contribution in [-0.4, -0.2) is 140 Å². The Balaban J connectivity index is 1.08. The molecule has 0 spiro atoms. The van der Waals surface area contributed by atoms with Gasteiger partial charge in [0.25, 0.3) is 52.2 Å². The van der Waals surface area contributed by atoms with Crippen LogP contribution in [0.25, 0.3) is 5.57 Å². The summed E-state index contributed by atoms with van der Waals surface area (Å²) in [5.41, 5.74) is 2.36. The maximum Gasteiger partial charge on any atom is 0.294 e. The summed E-state index contributed by atoms with van der Waals surface area (Å²) >= 11 is 0.582. The van der Waals surface area contributed by atoms with E-state index >= 15 is 0 Å². The Morgan fingerprint density at radius 3 is 2.01 bits per heavy atom. The van der Waals surface area contributed by atoms with Crippen LogP contribution < -0.4 is 26.0 Å². The van der Waals surface area contributed by atoms with Gasteiger partial charge in [0.1, 0.15) is 6.54 Å². The number of carbonyl (C=O) groups excluding carboxylic acids is 3. The van der Waals surface area contributed by atoms with Crippen LogP contribution >= 0.6 is 11.3 Å². The Kier molecular flexibility index (Phi) is 19.9. The van der Waals surface area contributed by atoms with Gasteiger partial charge in [0.05, 0.1) is 60.1 Å². The van der Waals surface area contributed by atoms with Gasteiger partial charge in [-0.05, 0) is 105 Å². The van der Waals surface area contributed by atoms with Crippen molar-refractivity contribution in [3.63, 3.8) is 0 Å². The zero-order valence-corrected chi connectivity index (χ0v) is 50.9. The molecule has 0 bridgehead atoms. The average Bonchev–Trinajstić information content (AvgIpc) is 1.67. The second-order valence-corrected chi connectivity index (χ2v) is 29.3. The number of nitrogens with zero attached hydrogens (tertiary/aromatic N) is 6. The van der Waals surface area contributed by atoms with E-state index in [0.29, 0.717) is 81.5 Å². The number of sulfonamides is 1. The number of nitrogens with two attached hydrogens (primary N) is 1. The number of allylic oxidation sites excluding steroid dienone is 6. The van der Waals surface area contributed by atoms with Crippen molar-refractivity contribution in [2.75, 3.05) is 41.4 Å². The second kappa shape index (κ2) is 25.9. The van der Waals surface area contributed by atoms with Crippen LogP contribution in [0, 0.1) is 0 Å². The van der Waals surface area contributed by atoms with E-state index in [4.69, 9.17) is 5.14 Å².